The van der Waals surface area contributed by atoms with Crippen LogP contribution in [0.2, 0.25) is 0 Å². The average molecular weight is 475 g/mol. The number of carboxylic acids is 1. The molecule has 0 aromatic carbocycles. The normalized spacial score (nSPS) is 12.8. The molecule has 0 aromatic rings. The maximum atomic E-state index is 11.8. The van der Waals surface area contributed by atoms with E-state index in [9.17, 15) is 24.6 Å². The number of rotatable bonds is 23. The predicted octanol–water partition coefficient (Wildman–Crippen LogP) is 4.53. The van der Waals surface area contributed by atoms with Gasteiger partial charge >= 0.3 is 17.9 Å². The Morgan fingerprint density at radius 3 is 1.64 bits per heavy atom. The molecule has 0 rings (SSSR count). The van der Waals surface area contributed by atoms with Crippen molar-refractivity contribution >= 4 is 17.9 Å². The third kappa shape index (κ3) is 20.7. The summed E-state index contributed by atoms with van der Waals surface area (Å²) < 4.78 is 9.77. The van der Waals surface area contributed by atoms with Gasteiger partial charge in [0.15, 0.2) is 12.2 Å². The average Bonchev–Trinajstić information content (AvgIpc) is 2.78. The first-order valence-electron chi connectivity index (χ1n) is 12.8. The lowest BCUT2D eigenvalue weighted by Gasteiger charge is -2.17. The van der Waals surface area contributed by atoms with Crippen LogP contribution in [0, 0.1) is 0 Å². The highest BCUT2D eigenvalue weighted by Crippen LogP contribution is 2.14. The predicted molar refractivity (Wildman–Crippen MR) is 126 cm³/mol. The van der Waals surface area contributed by atoms with Gasteiger partial charge in [-0.15, -0.1) is 0 Å². The molecule has 2 atom stereocenters. The van der Waals surface area contributed by atoms with E-state index in [1.54, 1.807) is 0 Å². The zero-order valence-electron chi connectivity index (χ0n) is 20.5. The standard InChI is InChI=1S/C25H46O8/c1-2-3-4-5-6-7-8-9-10-11-12-13-14-15-16-17-24(30)32-20-21(19-26)33-25(31)22(27)18-23(28)29/h21-22,26-27H,2-20H2,1H3,(H,28,29). The molecule has 0 aliphatic heterocycles. The van der Waals surface area contributed by atoms with Crippen molar-refractivity contribution in [2.24, 2.45) is 0 Å². The fourth-order valence-corrected chi connectivity index (χ4v) is 3.51. The van der Waals surface area contributed by atoms with Crippen LogP contribution in [0.3, 0.4) is 0 Å². The van der Waals surface area contributed by atoms with Gasteiger partial charge in [0.25, 0.3) is 0 Å². The minimum absolute atomic E-state index is 0.256. The van der Waals surface area contributed by atoms with Crippen molar-refractivity contribution < 1.29 is 39.2 Å². The van der Waals surface area contributed by atoms with Gasteiger partial charge in [0.2, 0.25) is 0 Å². The Labute approximate surface area is 199 Å². The Morgan fingerprint density at radius 2 is 1.21 bits per heavy atom. The van der Waals surface area contributed by atoms with E-state index in [0.717, 1.165) is 19.3 Å². The van der Waals surface area contributed by atoms with Gasteiger partial charge in [-0.3, -0.25) is 9.59 Å². The second kappa shape index (κ2) is 22.1. The first-order chi connectivity index (χ1) is 15.9. The van der Waals surface area contributed by atoms with Crippen LogP contribution >= 0.6 is 0 Å². The molecule has 194 valence electrons. The summed E-state index contributed by atoms with van der Waals surface area (Å²) in [5, 5.41) is 27.1. The van der Waals surface area contributed by atoms with Gasteiger partial charge < -0.3 is 24.8 Å². The number of esters is 2. The Bertz CT molecular complexity index is 509. The molecule has 8 nitrogen and oxygen atoms in total. The summed E-state index contributed by atoms with van der Waals surface area (Å²) in [6.45, 7) is 1.31. The molecular weight excluding hydrogens is 428 g/mol. The second-order valence-corrected chi connectivity index (χ2v) is 8.74. The molecule has 33 heavy (non-hydrogen) atoms. The van der Waals surface area contributed by atoms with E-state index in [2.05, 4.69) is 6.92 Å². The summed E-state index contributed by atoms with van der Waals surface area (Å²) in [4.78, 5) is 33.8. The van der Waals surface area contributed by atoms with Crippen LogP contribution in [-0.4, -0.2) is 58.6 Å². The number of hydrogen-bond donors (Lipinski definition) is 3. The summed E-state index contributed by atoms with van der Waals surface area (Å²) in [5.74, 6) is -2.96. The summed E-state index contributed by atoms with van der Waals surface area (Å²) in [5.41, 5.74) is 0. The Morgan fingerprint density at radius 1 is 0.758 bits per heavy atom. The topological polar surface area (TPSA) is 130 Å². The van der Waals surface area contributed by atoms with Crippen LogP contribution in [-0.2, 0) is 23.9 Å². The largest absolute Gasteiger partial charge is 0.481 e. The lowest BCUT2D eigenvalue weighted by Crippen LogP contribution is -2.34. The van der Waals surface area contributed by atoms with Gasteiger partial charge in [0, 0.05) is 6.42 Å². The van der Waals surface area contributed by atoms with Gasteiger partial charge in [0.05, 0.1) is 13.0 Å². The summed E-state index contributed by atoms with van der Waals surface area (Å²) in [6.07, 6.45) is 15.1. The molecular formula is C25H46O8. The van der Waals surface area contributed by atoms with Crippen molar-refractivity contribution in [1.82, 2.24) is 0 Å². The van der Waals surface area contributed by atoms with E-state index in [1.165, 1.54) is 77.0 Å². The van der Waals surface area contributed by atoms with E-state index >= 15 is 0 Å². The summed E-state index contributed by atoms with van der Waals surface area (Å²) in [6, 6.07) is 0. The Balaban J connectivity index is 3.57. The number of carbonyl (C=O) groups is 3. The molecule has 0 fully saturated rings. The number of aliphatic hydroxyl groups excluding tert-OH is 2. The number of carboxylic acid groups (broad SMARTS) is 1. The van der Waals surface area contributed by atoms with E-state index < -0.39 is 43.1 Å². The molecule has 0 spiro atoms. The first kappa shape index (κ1) is 31.3. The molecule has 8 heteroatoms. The number of aliphatic hydroxyl groups is 2. The first-order valence-corrected chi connectivity index (χ1v) is 12.8. The van der Waals surface area contributed by atoms with Crippen LogP contribution in [0.25, 0.3) is 0 Å². The summed E-state index contributed by atoms with van der Waals surface area (Å²) >= 11 is 0. The van der Waals surface area contributed by atoms with Crippen LogP contribution in [0.1, 0.15) is 116 Å². The maximum Gasteiger partial charge on any atom is 0.336 e. The third-order valence-corrected chi connectivity index (χ3v) is 5.54. The van der Waals surface area contributed by atoms with Crippen molar-refractivity contribution in [2.45, 2.75) is 128 Å². The molecule has 0 aromatic heterocycles. The van der Waals surface area contributed by atoms with Crippen LogP contribution < -0.4 is 0 Å². The number of hydrogen-bond acceptors (Lipinski definition) is 7. The Hall–Kier alpha value is -1.67. The number of unbranched alkanes of at least 4 members (excludes halogenated alkanes) is 14. The third-order valence-electron chi connectivity index (χ3n) is 5.54. The van der Waals surface area contributed by atoms with E-state index in [0.29, 0.717) is 0 Å². The van der Waals surface area contributed by atoms with Gasteiger partial charge in [-0.25, -0.2) is 4.79 Å². The smallest absolute Gasteiger partial charge is 0.336 e. The second-order valence-electron chi connectivity index (χ2n) is 8.74. The van der Waals surface area contributed by atoms with E-state index in [4.69, 9.17) is 14.6 Å². The zero-order chi connectivity index (χ0) is 24.7. The molecule has 0 radical (unpaired) electrons. The maximum absolute atomic E-state index is 11.8. The Kier molecular flexibility index (Phi) is 21.0. The van der Waals surface area contributed by atoms with E-state index in [1.807, 2.05) is 0 Å². The molecule has 0 heterocycles. The minimum atomic E-state index is -1.83. The number of aliphatic carboxylic acids is 1. The molecule has 0 saturated heterocycles. The van der Waals surface area contributed by atoms with Crippen molar-refractivity contribution in [2.75, 3.05) is 13.2 Å². The fourth-order valence-electron chi connectivity index (χ4n) is 3.51. The highest BCUT2D eigenvalue weighted by molar-refractivity contribution is 5.80. The van der Waals surface area contributed by atoms with E-state index in [-0.39, 0.29) is 13.0 Å². The molecule has 0 saturated carbocycles. The van der Waals surface area contributed by atoms with Crippen molar-refractivity contribution in [3.63, 3.8) is 0 Å². The van der Waals surface area contributed by atoms with Crippen LogP contribution in [0.4, 0.5) is 0 Å². The van der Waals surface area contributed by atoms with Crippen molar-refractivity contribution in [3.05, 3.63) is 0 Å². The lowest BCUT2D eigenvalue weighted by molar-refractivity contribution is -0.170. The highest BCUT2D eigenvalue weighted by Gasteiger charge is 2.24. The molecule has 0 aliphatic carbocycles. The van der Waals surface area contributed by atoms with Gasteiger partial charge in [-0.1, -0.05) is 96.8 Å². The zero-order valence-corrected chi connectivity index (χ0v) is 20.5. The minimum Gasteiger partial charge on any atom is -0.481 e. The van der Waals surface area contributed by atoms with Crippen LogP contribution in [0.15, 0.2) is 0 Å². The van der Waals surface area contributed by atoms with Gasteiger partial charge in [0.1, 0.15) is 6.61 Å². The fraction of sp³-hybridized carbons (Fsp3) is 0.880. The molecule has 2 unspecified atom stereocenters. The van der Waals surface area contributed by atoms with Crippen LogP contribution in [0.5, 0.6) is 0 Å². The van der Waals surface area contributed by atoms with Gasteiger partial charge in [-0.2, -0.15) is 0 Å². The summed E-state index contributed by atoms with van der Waals surface area (Å²) in [7, 11) is 0. The van der Waals surface area contributed by atoms with Crippen molar-refractivity contribution in [1.29, 1.82) is 0 Å². The monoisotopic (exact) mass is 474 g/mol. The molecule has 0 amide bonds. The quantitative estimate of drug-likeness (QED) is 0.145. The number of ether oxygens (including phenoxy) is 2. The molecule has 0 bridgehead atoms. The SMILES string of the molecule is CCCCCCCCCCCCCCCCCC(=O)OCC(CO)OC(=O)C(O)CC(=O)O. The highest BCUT2D eigenvalue weighted by atomic mass is 16.6. The van der Waals surface area contributed by atoms with Crippen molar-refractivity contribution in [3.8, 4) is 0 Å². The molecule has 3 N–H and O–H groups in total. The molecule has 0 aliphatic rings. The lowest BCUT2D eigenvalue weighted by atomic mass is 10.0. The number of carbonyl (C=O) groups excluding carboxylic acids is 2. The van der Waals surface area contributed by atoms with Gasteiger partial charge in [-0.05, 0) is 6.42 Å².